The first kappa shape index (κ1) is 46.5. The van der Waals surface area contributed by atoms with Crippen LogP contribution >= 0.6 is 7.82 Å². The highest BCUT2D eigenvalue weighted by Gasteiger charge is 2.22. The molecule has 0 aliphatic rings. The van der Waals surface area contributed by atoms with E-state index in [0.29, 0.717) is 6.42 Å². The van der Waals surface area contributed by atoms with Crippen molar-refractivity contribution in [2.45, 2.75) is 200 Å². The van der Waals surface area contributed by atoms with E-state index in [1.807, 2.05) is 0 Å². The Morgan fingerprint density at radius 2 is 0.875 bits per heavy atom. The molecule has 9 heteroatoms. The average Bonchev–Trinajstić information content (AvgIpc) is 3.05. The van der Waals surface area contributed by atoms with Crippen LogP contribution in [-0.2, 0) is 28.2 Å². The first-order valence-electron chi connectivity index (χ1n) is 19.6. The summed E-state index contributed by atoms with van der Waals surface area (Å²) in [7, 11) is -4.75. The second-order valence-electron chi connectivity index (χ2n) is 13.2. The van der Waals surface area contributed by atoms with Crippen molar-refractivity contribution in [2.75, 3.05) is 13.2 Å². The molecule has 0 heterocycles. The number of phosphoric ester groups is 1. The minimum Gasteiger partial charge on any atom is -0.462 e. The van der Waals surface area contributed by atoms with E-state index in [4.69, 9.17) is 19.3 Å². The molecule has 0 amide bonds. The topological polar surface area (TPSA) is 119 Å². The molecule has 0 spiro atoms. The molecule has 0 fully saturated rings. The predicted molar refractivity (Wildman–Crippen MR) is 198 cm³/mol. The second-order valence-corrected chi connectivity index (χ2v) is 14.5. The summed E-state index contributed by atoms with van der Waals surface area (Å²) in [6.07, 6.45) is 38.9. The molecule has 1 atom stereocenters. The number of carbonyl (C=O) groups is 2. The fraction of sp³-hybridized carbons (Fsp3) is 0.846. The van der Waals surface area contributed by atoms with Gasteiger partial charge in [0.2, 0.25) is 0 Å². The van der Waals surface area contributed by atoms with Gasteiger partial charge in [0, 0.05) is 12.8 Å². The Morgan fingerprint density at radius 3 is 1.29 bits per heavy atom. The molecular weight excluding hydrogens is 627 g/mol. The second kappa shape index (κ2) is 35.4. The van der Waals surface area contributed by atoms with Crippen LogP contribution in [0.15, 0.2) is 24.3 Å². The molecule has 0 radical (unpaired) electrons. The molecule has 0 aromatic heterocycles. The molecule has 48 heavy (non-hydrogen) atoms. The van der Waals surface area contributed by atoms with Crippen molar-refractivity contribution in [1.29, 1.82) is 0 Å². The van der Waals surface area contributed by atoms with Crippen LogP contribution < -0.4 is 0 Å². The van der Waals surface area contributed by atoms with Gasteiger partial charge in [-0.05, 0) is 64.2 Å². The van der Waals surface area contributed by atoms with Crippen LogP contribution in [0.1, 0.15) is 194 Å². The summed E-state index contributed by atoms with van der Waals surface area (Å²) < 4.78 is 26.3. The maximum absolute atomic E-state index is 12.4. The smallest absolute Gasteiger partial charge is 0.462 e. The number of carbonyl (C=O) groups excluding carboxylic acids is 2. The third-order valence-electron chi connectivity index (χ3n) is 8.44. The Bertz CT molecular complexity index is 838. The molecule has 0 aliphatic heterocycles. The van der Waals surface area contributed by atoms with Crippen molar-refractivity contribution in [2.24, 2.45) is 0 Å². The predicted octanol–water partition coefficient (Wildman–Crippen LogP) is 11.6. The molecule has 0 aromatic rings. The summed E-state index contributed by atoms with van der Waals surface area (Å²) in [6.45, 7) is 3.66. The summed E-state index contributed by atoms with van der Waals surface area (Å²) in [5.74, 6) is -0.896. The Hall–Kier alpha value is -1.47. The summed E-state index contributed by atoms with van der Waals surface area (Å²) in [4.78, 5) is 42.7. The zero-order chi connectivity index (χ0) is 35.4. The molecule has 0 bridgehead atoms. The fourth-order valence-corrected chi connectivity index (χ4v) is 5.84. The lowest BCUT2D eigenvalue weighted by Gasteiger charge is -2.18. The van der Waals surface area contributed by atoms with E-state index in [-0.39, 0.29) is 19.4 Å². The monoisotopic (exact) mass is 701 g/mol. The summed E-state index contributed by atoms with van der Waals surface area (Å²) in [6, 6.07) is 0. The van der Waals surface area contributed by atoms with Gasteiger partial charge in [-0.2, -0.15) is 0 Å². The number of phosphoric acid groups is 1. The lowest BCUT2D eigenvalue weighted by molar-refractivity contribution is -0.161. The van der Waals surface area contributed by atoms with Crippen molar-refractivity contribution >= 4 is 19.8 Å². The van der Waals surface area contributed by atoms with Gasteiger partial charge in [0.25, 0.3) is 0 Å². The van der Waals surface area contributed by atoms with E-state index < -0.39 is 32.5 Å². The molecular formula is C39H73O8P. The zero-order valence-electron chi connectivity index (χ0n) is 30.9. The number of allylic oxidation sites excluding steroid dienone is 4. The molecule has 0 unspecified atom stereocenters. The molecule has 0 aliphatic carbocycles. The average molecular weight is 701 g/mol. The normalized spacial score (nSPS) is 12.7. The SMILES string of the molecule is CCCCCCC=CCCCCCCCCCC(=O)OC[C@H](COP(=O)(O)O)OC(=O)CCCCCCCC=CCCCCCCCC. The minimum atomic E-state index is -4.75. The van der Waals surface area contributed by atoms with Gasteiger partial charge in [-0.3, -0.25) is 14.1 Å². The Labute approximate surface area is 294 Å². The van der Waals surface area contributed by atoms with Gasteiger partial charge in [0.15, 0.2) is 6.10 Å². The van der Waals surface area contributed by atoms with Gasteiger partial charge >= 0.3 is 19.8 Å². The number of hydrogen-bond donors (Lipinski definition) is 2. The molecule has 0 saturated heterocycles. The highest BCUT2D eigenvalue weighted by Crippen LogP contribution is 2.36. The van der Waals surface area contributed by atoms with E-state index in [2.05, 4.69) is 42.7 Å². The Balaban J connectivity index is 3.96. The van der Waals surface area contributed by atoms with Crippen LogP contribution in [0.25, 0.3) is 0 Å². The van der Waals surface area contributed by atoms with Gasteiger partial charge in [-0.15, -0.1) is 0 Å². The molecule has 0 aromatic carbocycles. The maximum atomic E-state index is 12.4. The third kappa shape index (κ3) is 37.4. The Morgan fingerprint density at radius 1 is 0.521 bits per heavy atom. The van der Waals surface area contributed by atoms with E-state index >= 15 is 0 Å². The molecule has 0 saturated carbocycles. The van der Waals surface area contributed by atoms with Crippen molar-refractivity contribution in [3.05, 3.63) is 24.3 Å². The van der Waals surface area contributed by atoms with E-state index in [0.717, 1.165) is 64.2 Å². The highest BCUT2D eigenvalue weighted by molar-refractivity contribution is 7.46. The van der Waals surface area contributed by atoms with Gasteiger partial charge in [-0.1, -0.05) is 141 Å². The highest BCUT2D eigenvalue weighted by atomic mass is 31.2. The quantitative estimate of drug-likeness (QED) is 0.0287. The Kier molecular flexibility index (Phi) is 34.3. The number of esters is 2. The van der Waals surface area contributed by atoms with Crippen LogP contribution in [0, 0.1) is 0 Å². The lowest BCUT2D eigenvalue weighted by atomic mass is 10.1. The number of rotatable bonds is 36. The fourth-order valence-electron chi connectivity index (χ4n) is 5.48. The van der Waals surface area contributed by atoms with Crippen molar-refractivity contribution < 1.29 is 37.9 Å². The van der Waals surface area contributed by atoms with Crippen molar-refractivity contribution in [3.8, 4) is 0 Å². The van der Waals surface area contributed by atoms with E-state index in [1.54, 1.807) is 0 Å². The first-order chi connectivity index (χ1) is 23.3. The number of unbranched alkanes of at least 4 members (excludes halogenated alkanes) is 22. The molecule has 8 nitrogen and oxygen atoms in total. The first-order valence-corrected chi connectivity index (χ1v) is 21.2. The summed E-state index contributed by atoms with van der Waals surface area (Å²) in [5, 5.41) is 0. The summed E-state index contributed by atoms with van der Waals surface area (Å²) >= 11 is 0. The molecule has 282 valence electrons. The largest absolute Gasteiger partial charge is 0.469 e. The van der Waals surface area contributed by atoms with Crippen LogP contribution in [0.3, 0.4) is 0 Å². The van der Waals surface area contributed by atoms with Crippen LogP contribution in [-0.4, -0.2) is 41.0 Å². The van der Waals surface area contributed by atoms with Gasteiger partial charge < -0.3 is 19.3 Å². The zero-order valence-corrected chi connectivity index (χ0v) is 31.8. The number of ether oxygens (including phenoxy) is 2. The van der Waals surface area contributed by atoms with Crippen LogP contribution in [0.4, 0.5) is 0 Å². The van der Waals surface area contributed by atoms with Gasteiger partial charge in [0.1, 0.15) is 6.61 Å². The molecule has 0 rings (SSSR count). The third-order valence-corrected chi connectivity index (χ3v) is 8.93. The van der Waals surface area contributed by atoms with Crippen molar-refractivity contribution in [3.63, 3.8) is 0 Å². The summed E-state index contributed by atoms with van der Waals surface area (Å²) in [5.41, 5.74) is 0. The minimum absolute atomic E-state index is 0.203. The molecule has 2 N–H and O–H groups in total. The van der Waals surface area contributed by atoms with Crippen LogP contribution in [0.5, 0.6) is 0 Å². The van der Waals surface area contributed by atoms with Crippen LogP contribution in [0.2, 0.25) is 0 Å². The van der Waals surface area contributed by atoms with E-state index in [9.17, 15) is 14.2 Å². The van der Waals surface area contributed by atoms with Gasteiger partial charge in [-0.25, -0.2) is 4.57 Å². The standard InChI is InChI=1S/C39H73O8P/c1-3-5-7-9-11-13-15-17-19-21-23-25-27-29-31-33-38(40)45-35-37(36-46-48(42,43)44)47-39(41)34-32-30-28-26-24-22-20-18-16-14-12-10-8-6-4-2/h13,15,18,20,37H,3-12,14,16-17,19,21-36H2,1-2H3,(H2,42,43,44)/t37-/m1/s1. The number of hydrogen-bond acceptors (Lipinski definition) is 6. The van der Waals surface area contributed by atoms with Crippen molar-refractivity contribution in [1.82, 2.24) is 0 Å². The van der Waals surface area contributed by atoms with Gasteiger partial charge in [0.05, 0.1) is 6.61 Å². The van der Waals surface area contributed by atoms with E-state index in [1.165, 1.54) is 96.3 Å². The maximum Gasteiger partial charge on any atom is 0.469 e. The lowest BCUT2D eigenvalue weighted by Crippen LogP contribution is -2.29.